The maximum atomic E-state index is 11.8. The number of rotatable bonds is 7. The molecule has 2 bridgehead atoms. The zero-order valence-electron chi connectivity index (χ0n) is 20.6. The van der Waals surface area contributed by atoms with Crippen LogP contribution < -0.4 is 4.74 Å². The van der Waals surface area contributed by atoms with Crippen LogP contribution in [0.3, 0.4) is 0 Å². The van der Waals surface area contributed by atoms with Gasteiger partial charge in [-0.1, -0.05) is 36.4 Å². The van der Waals surface area contributed by atoms with Crippen molar-refractivity contribution in [2.75, 3.05) is 0 Å². The molecule has 3 aromatic carbocycles. The molecule has 0 N–H and O–H groups in total. The molecular formula is C28H28F4O4S2. The highest BCUT2D eigenvalue weighted by molar-refractivity contribution is 7.97. The van der Waals surface area contributed by atoms with E-state index in [0.717, 1.165) is 17.6 Å². The number of ether oxygens (including phenoxy) is 1. The summed E-state index contributed by atoms with van der Waals surface area (Å²) in [6, 6.07) is 30.5. The zero-order chi connectivity index (χ0) is 27.6. The van der Waals surface area contributed by atoms with Crippen LogP contribution in [-0.2, 0) is 21.0 Å². The molecule has 204 valence electrons. The van der Waals surface area contributed by atoms with Crippen LogP contribution in [0.15, 0.2) is 99.6 Å². The topological polar surface area (TPSA) is 66.4 Å². The lowest BCUT2D eigenvalue weighted by Crippen LogP contribution is -2.44. The number of hydrogen-bond acceptors (Lipinski definition) is 4. The molecule has 2 aliphatic rings. The fourth-order valence-corrected chi connectivity index (χ4v) is 7.42. The Labute approximate surface area is 223 Å². The van der Waals surface area contributed by atoms with Crippen molar-refractivity contribution in [3.63, 3.8) is 0 Å². The normalized spacial score (nSPS) is 21.2. The van der Waals surface area contributed by atoms with Gasteiger partial charge in [0.1, 0.15) is 11.9 Å². The Balaban J connectivity index is 0.000000261. The number of alkyl halides is 4. The number of benzene rings is 3. The van der Waals surface area contributed by atoms with Crippen molar-refractivity contribution in [3.8, 4) is 5.75 Å². The van der Waals surface area contributed by atoms with Crippen molar-refractivity contribution in [3.05, 3.63) is 84.9 Å². The minimum atomic E-state index is -6.29. The van der Waals surface area contributed by atoms with Gasteiger partial charge in [-0.15, -0.1) is 0 Å². The van der Waals surface area contributed by atoms with Crippen LogP contribution in [0.25, 0.3) is 0 Å². The first-order valence-electron chi connectivity index (χ1n) is 12.2. The molecule has 0 amide bonds. The lowest BCUT2D eigenvalue weighted by Gasteiger charge is -2.24. The van der Waals surface area contributed by atoms with Gasteiger partial charge in [-0.2, -0.15) is 17.6 Å². The largest absolute Gasteiger partial charge is 0.743 e. The average molecular weight is 569 g/mol. The van der Waals surface area contributed by atoms with Crippen LogP contribution in [0.1, 0.15) is 32.6 Å². The average Bonchev–Trinajstić information content (AvgIpc) is 3.49. The Hall–Kier alpha value is -2.56. The molecule has 4 nitrogen and oxygen atoms in total. The lowest BCUT2D eigenvalue weighted by atomic mass is 9.98. The maximum absolute atomic E-state index is 11.8. The molecule has 0 saturated heterocycles. The summed E-state index contributed by atoms with van der Waals surface area (Å²) in [7, 11) is -6.38. The molecule has 10 heteroatoms. The second-order valence-corrected chi connectivity index (χ2v) is 13.0. The van der Waals surface area contributed by atoms with E-state index in [-0.39, 0.29) is 17.8 Å². The molecule has 3 unspecified atom stereocenters. The molecule has 0 spiro atoms. The van der Waals surface area contributed by atoms with E-state index in [1.807, 2.05) is 0 Å². The molecule has 0 aliphatic heterocycles. The number of fused-ring (bicyclic) bond motifs is 2. The van der Waals surface area contributed by atoms with Crippen molar-refractivity contribution in [2.45, 2.75) is 64.6 Å². The van der Waals surface area contributed by atoms with E-state index >= 15 is 0 Å². The Bertz CT molecular complexity index is 1260. The molecule has 2 aliphatic carbocycles. The summed E-state index contributed by atoms with van der Waals surface area (Å²) in [6.45, 7) is -0.345. The summed E-state index contributed by atoms with van der Waals surface area (Å²) in [5.41, 5.74) is 0. The second kappa shape index (κ2) is 11.3. The van der Waals surface area contributed by atoms with E-state index in [9.17, 15) is 30.5 Å². The highest BCUT2D eigenvalue weighted by Crippen LogP contribution is 2.46. The number of halogens is 4. The van der Waals surface area contributed by atoms with Crippen LogP contribution in [-0.4, -0.2) is 30.3 Å². The smallest absolute Gasteiger partial charge is 0.395 e. The van der Waals surface area contributed by atoms with Gasteiger partial charge >= 0.3 is 11.2 Å². The molecule has 38 heavy (non-hydrogen) atoms. The molecular weight excluding hydrogens is 540 g/mol. The van der Waals surface area contributed by atoms with Crippen LogP contribution in [0.4, 0.5) is 17.6 Å². The van der Waals surface area contributed by atoms with E-state index in [0.29, 0.717) is 6.10 Å². The molecule has 0 heterocycles. The molecule has 2 saturated carbocycles. The first kappa shape index (κ1) is 28.4. The summed E-state index contributed by atoms with van der Waals surface area (Å²) in [6.07, 6.45) is 5.86. The van der Waals surface area contributed by atoms with Gasteiger partial charge in [0.25, 0.3) is 0 Å². The Morgan fingerprint density at radius 2 is 1.29 bits per heavy atom. The van der Waals surface area contributed by atoms with Gasteiger partial charge in [-0.3, -0.25) is 0 Å². The summed E-state index contributed by atoms with van der Waals surface area (Å²) in [4.78, 5) is 4.05. The molecule has 3 atom stereocenters. The monoisotopic (exact) mass is 568 g/mol. The van der Waals surface area contributed by atoms with Crippen LogP contribution in [0.5, 0.6) is 5.75 Å². The molecule has 5 rings (SSSR count). The standard InChI is InChI=1S/C25H25OS.C3H4F4O3S/c1-3-7-22(8-4-1)27(23-9-5-2-6-10-23)24-15-13-21(14-16-24)26-25-18-19-11-12-20(25)17-19;1-2(4,5)3(6,7)11(8,9)10/h1-10,13-16,19-20,25H,11-12,17-18H2;1H3,(H,8,9,10)/q+1;/p-1. The fourth-order valence-electron chi connectivity index (χ4n) is 4.90. The van der Waals surface area contributed by atoms with E-state index in [1.54, 1.807) is 0 Å². The van der Waals surface area contributed by atoms with Crippen LogP contribution >= 0.6 is 0 Å². The predicted molar refractivity (Wildman–Crippen MR) is 137 cm³/mol. The van der Waals surface area contributed by atoms with Crippen molar-refractivity contribution < 1.29 is 35.3 Å². The first-order valence-corrected chi connectivity index (χ1v) is 14.8. The van der Waals surface area contributed by atoms with E-state index in [2.05, 4.69) is 84.9 Å². The van der Waals surface area contributed by atoms with Crippen molar-refractivity contribution >= 4 is 21.0 Å². The number of hydrogen-bond donors (Lipinski definition) is 0. The molecule has 0 aromatic heterocycles. The van der Waals surface area contributed by atoms with Gasteiger partial charge in [0, 0.05) is 6.92 Å². The minimum Gasteiger partial charge on any atom is -0.743 e. The Morgan fingerprint density at radius 3 is 1.66 bits per heavy atom. The lowest BCUT2D eigenvalue weighted by molar-refractivity contribution is -0.147. The maximum Gasteiger partial charge on any atom is 0.395 e. The minimum absolute atomic E-state index is 0.0839. The van der Waals surface area contributed by atoms with E-state index in [1.165, 1.54) is 40.4 Å². The summed E-state index contributed by atoms with van der Waals surface area (Å²) in [5.74, 6) is -2.12. The third kappa shape index (κ3) is 6.35. The van der Waals surface area contributed by atoms with Crippen molar-refractivity contribution in [2.24, 2.45) is 11.8 Å². The zero-order valence-corrected chi connectivity index (χ0v) is 22.2. The van der Waals surface area contributed by atoms with Gasteiger partial charge in [0.05, 0.1) is 10.9 Å². The third-order valence-corrected chi connectivity index (χ3v) is 10.0. The van der Waals surface area contributed by atoms with E-state index < -0.39 is 21.3 Å². The van der Waals surface area contributed by atoms with Crippen LogP contribution in [0, 0.1) is 11.8 Å². The van der Waals surface area contributed by atoms with Crippen molar-refractivity contribution in [1.29, 1.82) is 0 Å². The fraction of sp³-hybridized carbons (Fsp3) is 0.357. The van der Waals surface area contributed by atoms with Gasteiger partial charge in [-0.05, 0) is 86.1 Å². The van der Waals surface area contributed by atoms with E-state index in [4.69, 9.17) is 4.74 Å². The SMILES string of the molecule is CC(F)(F)C(F)(F)S(=O)(=O)[O-].c1ccc([S+](c2ccccc2)c2ccc(OC3CC4CCC3C4)cc2)cc1. The quantitative estimate of drug-likeness (QED) is 0.173. The second-order valence-electron chi connectivity index (χ2n) is 9.59. The van der Waals surface area contributed by atoms with Gasteiger partial charge < -0.3 is 9.29 Å². The summed E-state index contributed by atoms with van der Waals surface area (Å²) >= 11 is 0. The highest BCUT2D eigenvalue weighted by Gasteiger charge is 2.58. The molecule has 2 fully saturated rings. The summed E-state index contributed by atoms with van der Waals surface area (Å²) < 4.78 is 81.8. The van der Waals surface area contributed by atoms with Gasteiger partial charge in [0.15, 0.2) is 24.8 Å². The highest BCUT2D eigenvalue weighted by atomic mass is 32.2. The molecule has 0 radical (unpaired) electrons. The van der Waals surface area contributed by atoms with Gasteiger partial charge in [0.2, 0.25) is 0 Å². The first-order chi connectivity index (χ1) is 17.9. The third-order valence-electron chi connectivity index (χ3n) is 6.80. The van der Waals surface area contributed by atoms with Crippen LogP contribution in [0.2, 0.25) is 0 Å². The van der Waals surface area contributed by atoms with Gasteiger partial charge in [-0.25, -0.2) is 8.42 Å². The van der Waals surface area contributed by atoms with Crippen molar-refractivity contribution in [1.82, 2.24) is 0 Å². The summed E-state index contributed by atoms with van der Waals surface area (Å²) in [5, 5.41) is -5.54. The Kier molecular flexibility index (Phi) is 8.44. The Morgan fingerprint density at radius 1 is 0.789 bits per heavy atom. The predicted octanol–water partition coefficient (Wildman–Crippen LogP) is 7.13. The molecule has 3 aromatic rings.